The van der Waals surface area contributed by atoms with Crippen LogP contribution in [0.15, 0.2) is 36.4 Å². The number of benzene rings is 1. The highest BCUT2D eigenvalue weighted by atomic mass is 16.1. The molecule has 2 fully saturated rings. The van der Waals surface area contributed by atoms with Crippen molar-refractivity contribution in [2.75, 3.05) is 68.8 Å². The average Bonchev–Trinajstić information content (AvgIpc) is 2.99. The number of nitrogens with zero attached hydrogens (tertiary/aromatic N) is 7. The lowest BCUT2D eigenvalue weighted by atomic mass is 9.90. The number of fused-ring (bicyclic) bond motifs is 1. The lowest BCUT2D eigenvalue weighted by Gasteiger charge is -2.38. The van der Waals surface area contributed by atoms with Crippen molar-refractivity contribution >= 4 is 45.9 Å². The van der Waals surface area contributed by atoms with Gasteiger partial charge in [0.2, 0.25) is 5.95 Å². The lowest BCUT2D eigenvalue weighted by Crippen LogP contribution is -2.49. The second-order valence-corrected chi connectivity index (χ2v) is 13.2. The number of carbonyl (C=O) groups is 1. The van der Waals surface area contributed by atoms with E-state index in [1.807, 2.05) is 33.8 Å². The van der Waals surface area contributed by atoms with Gasteiger partial charge < -0.3 is 37.3 Å². The van der Waals surface area contributed by atoms with Crippen molar-refractivity contribution in [3.63, 3.8) is 0 Å². The highest BCUT2D eigenvalue weighted by Crippen LogP contribution is 2.29. The molecule has 1 amide bonds. The fourth-order valence-corrected chi connectivity index (χ4v) is 5.57. The zero-order valence-electron chi connectivity index (χ0n) is 27.0. The van der Waals surface area contributed by atoms with Gasteiger partial charge >= 0.3 is 0 Å². The summed E-state index contributed by atoms with van der Waals surface area (Å²) in [6.45, 7) is 14.7. The van der Waals surface area contributed by atoms with Crippen LogP contribution in [0.2, 0.25) is 0 Å². The molecular weight excluding hydrogens is 568 g/mol. The maximum atomic E-state index is 13.0. The standard InChI is InChI=1S/C32H46N12O/c1-20-6-7-22(30(45)39-25(34)17-24(33)32(2,3)4)16-23(20)38-29-27-26(36-19-37-29)28(35)41-31(40-27)44-14-12-43(13-15-44)18-21-8-10-42(5)11-9-21/h6-7,16-17,19,21,33H,8-15,18,34H2,1-5H3,(H,39,45)(H2,35,40,41)(H,36,37,38)/b25-17+,33-24?. The summed E-state index contributed by atoms with van der Waals surface area (Å²) in [5.41, 5.74) is 15.3. The van der Waals surface area contributed by atoms with Gasteiger partial charge in [-0.2, -0.15) is 4.98 Å². The van der Waals surface area contributed by atoms with E-state index in [9.17, 15) is 4.79 Å². The molecule has 0 bridgehead atoms. The number of carbonyl (C=O) groups excluding carboxylic acids is 1. The molecule has 13 heteroatoms. The summed E-state index contributed by atoms with van der Waals surface area (Å²) in [4.78, 5) is 38.5. The fraction of sp³-hybridized carbons (Fsp3) is 0.500. The number of nitrogen functional groups attached to an aromatic ring is 1. The second-order valence-electron chi connectivity index (χ2n) is 13.2. The SMILES string of the molecule is Cc1ccc(C(=O)N/C(N)=C/C(=N)C(C)(C)C)cc1Nc1ncnc2c(N)nc(N3CCN(CC4CCN(C)CC4)CC3)nc12. The minimum Gasteiger partial charge on any atom is -0.385 e. The Morgan fingerprint density at radius 1 is 1.07 bits per heavy atom. The van der Waals surface area contributed by atoms with Crippen LogP contribution in [-0.4, -0.2) is 94.2 Å². The Morgan fingerprint density at radius 3 is 2.47 bits per heavy atom. The number of anilines is 4. The predicted molar refractivity (Wildman–Crippen MR) is 180 cm³/mol. The van der Waals surface area contributed by atoms with E-state index in [1.165, 1.54) is 38.3 Å². The third kappa shape index (κ3) is 7.84. The molecule has 13 nitrogen and oxygen atoms in total. The lowest BCUT2D eigenvalue weighted by molar-refractivity contribution is 0.0965. The maximum absolute atomic E-state index is 13.0. The first-order valence-corrected chi connectivity index (χ1v) is 15.6. The number of rotatable bonds is 8. The van der Waals surface area contributed by atoms with Gasteiger partial charge in [-0.1, -0.05) is 26.8 Å². The summed E-state index contributed by atoms with van der Waals surface area (Å²) in [6.07, 6.45) is 5.42. The summed E-state index contributed by atoms with van der Waals surface area (Å²) >= 11 is 0. The Bertz CT molecular complexity index is 1580. The first-order chi connectivity index (χ1) is 21.4. The minimum absolute atomic E-state index is 0.110. The molecule has 4 heterocycles. The Balaban J connectivity index is 1.31. The van der Waals surface area contributed by atoms with Gasteiger partial charge in [-0.25, -0.2) is 15.0 Å². The van der Waals surface area contributed by atoms with E-state index < -0.39 is 0 Å². The number of amides is 1. The number of hydrogen-bond acceptors (Lipinski definition) is 12. The van der Waals surface area contributed by atoms with Crippen LogP contribution in [0.3, 0.4) is 0 Å². The average molecular weight is 615 g/mol. The van der Waals surface area contributed by atoms with Gasteiger partial charge in [-0.15, -0.1) is 0 Å². The topological polar surface area (TPSA) is 178 Å². The Kier molecular flexibility index (Phi) is 9.49. The Labute approximate surface area is 265 Å². The van der Waals surface area contributed by atoms with Crippen LogP contribution in [0.5, 0.6) is 0 Å². The van der Waals surface area contributed by atoms with E-state index >= 15 is 0 Å². The highest BCUT2D eigenvalue weighted by Gasteiger charge is 2.25. The Hall–Kier alpha value is -4.36. The highest BCUT2D eigenvalue weighted by molar-refractivity contribution is 6.00. The minimum atomic E-state index is -0.385. The van der Waals surface area contributed by atoms with Gasteiger partial charge in [0, 0.05) is 55.1 Å². The van der Waals surface area contributed by atoms with E-state index in [1.54, 1.807) is 12.1 Å². The quantitative estimate of drug-likeness (QED) is 0.235. The van der Waals surface area contributed by atoms with Crippen LogP contribution in [0.25, 0.3) is 11.0 Å². The summed E-state index contributed by atoms with van der Waals surface area (Å²) in [5.74, 6) is 1.81. The summed E-state index contributed by atoms with van der Waals surface area (Å²) in [6, 6.07) is 5.30. The normalized spacial score (nSPS) is 17.4. The van der Waals surface area contributed by atoms with E-state index in [-0.39, 0.29) is 17.1 Å². The zero-order valence-corrected chi connectivity index (χ0v) is 27.0. The molecule has 0 atom stereocenters. The molecule has 2 aromatic heterocycles. The molecule has 1 aromatic carbocycles. The molecule has 0 aliphatic carbocycles. The molecule has 2 aliphatic rings. The summed E-state index contributed by atoms with van der Waals surface area (Å²) < 4.78 is 0. The molecule has 7 N–H and O–H groups in total. The number of nitrogens with one attached hydrogen (secondary N) is 3. The van der Waals surface area contributed by atoms with Crippen molar-refractivity contribution in [3.8, 4) is 0 Å². The molecule has 2 saturated heterocycles. The summed E-state index contributed by atoms with van der Waals surface area (Å²) in [7, 11) is 2.20. The van der Waals surface area contributed by atoms with Crippen LogP contribution in [0.1, 0.15) is 49.5 Å². The molecule has 5 rings (SSSR count). The van der Waals surface area contributed by atoms with Crippen molar-refractivity contribution < 1.29 is 4.79 Å². The molecule has 0 saturated carbocycles. The molecule has 240 valence electrons. The summed E-state index contributed by atoms with van der Waals surface area (Å²) in [5, 5.41) is 14.2. The van der Waals surface area contributed by atoms with E-state index in [0.29, 0.717) is 45.6 Å². The first-order valence-electron chi connectivity index (χ1n) is 15.6. The number of nitrogens with two attached hydrogens (primary N) is 2. The number of likely N-dealkylation sites (tertiary alicyclic amines) is 1. The maximum Gasteiger partial charge on any atom is 0.256 e. The molecule has 3 aromatic rings. The van der Waals surface area contributed by atoms with Crippen molar-refractivity contribution in [1.29, 1.82) is 5.41 Å². The predicted octanol–water partition coefficient (Wildman–Crippen LogP) is 3.11. The number of hydrogen-bond donors (Lipinski definition) is 5. The number of allylic oxidation sites excluding steroid dienone is 1. The zero-order chi connectivity index (χ0) is 32.3. The van der Waals surface area contributed by atoms with E-state index in [0.717, 1.165) is 44.2 Å². The van der Waals surface area contributed by atoms with Crippen molar-refractivity contribution in [2.45, 2.75) is 40.5 Å². The van der Waals surface area contributed by atoms with Crippen LogP contribution in [0, 0.1) is 23.7 Å². The largest absolute Gasteiger partial charge is 0.385 e. The van der Waals surface area contributed by atoms with Gasteiger partial charge in [0.05, 0.1) is 0 Å². The second kappa shape index (κ2) is 13.3. The van der Waals surface area contributed by atoms with Gasteiger partial charge in [-0.3, -0.25) is 9.69 Å². The van der Waals surface area contributed by atoms with Crippen molar-refractivity contribution in [1.82, 2.24) is 35.1 Å². The Morgan fingerprint density at radius 2 is 1.78 bits per heavy atom. The van der Waals surface area contributed by atoms with Crippen LogP contribution in [-0.2, 0) is 0 Å². The smallest absolute Gasteiger partial charge is 0.256 e. The van der Waals surface area contributed by atoms with Gasteiger partial charge in [-0.05, 0) is 69.6 Å². The molecular formula is C32H46N12O. The number of piperidine rings is 1. The molecule has 0 radical (unpaired) electrons. The molecule has 45 heavy (non-hydrogen) atoms. The van der Waals surface area contributed by atoms with Crippen molar-refractivity contribution in [3.05, 3.63) is 47.6 Å². The van der Waals surface area contributed by atoms with Crippen LogP contribution >= 0.6 is 0 Å². The van der Waals surface area contributed by atoms with E-state index in [4.69, 9.17) is 21.9 Å². The van der Waals surface area contributed by atoms with E-state index in [2.05, 4.69) is 47.3 Å². The number of aryl methyl sites for hydroxylation is 1. The van der Waals surface area contributed by atoms with Gasteiger partial charge in [0.15, 0.2) is 11.6 Å². The molecule has 2 aliphatic heterocycles. The van der Waals surface area contributed by atoms with Crippen LogP contribution in [0.4, 0.5) is 23.3 Å². The molecule has 0 unspecified atom stereocenters. The fourth-order valence-electron chi connectivity index (χ4n) is 5.57. The number of aromatic nitrogens is 4. The van der Waals surface area contributed by atoms with Crippen LogP contribution < -0.4 is 27.0 Å². The molecule has 0 spiro atoms. The first kappa shape index (κ1) is 32.0. The monoisotopic (exact) mass is 614 g/mol. The van der Waals surface area contributed by atoms with Crippen molar-refractivity contribution in [2.24, 2.45) is 17.1 Å². The third-order valence-corrected chi connectivity index (χ3v) is 8.63. The van der Waals surface area contributed by atoms with Gasteiger partial charge in [0.1, 0.15) is 23.2 Å². The van der Waals surface area contributed by atoms with Gasteiger partial charge in [0.25, 0.3) is 5.91 Å². The third-order valence-electron chi connectivity index (χ3n) is 8.63. The number of piperazine rings is 1.